The van der Waals surface area contributed by atoms with Crippen LogP contribution >= 0.6 is 22.6 Å². The molecule has 1 aromatic rings. The minimum Gasteiger partial charge on any atom is -0.507 e. The zero-order chi connectivity index (χ0) is 14.6. The summed E-state index contributed by atoms with van der Waals surface area (Å²) in [5, 5.41) is 9.77. The third-order valence-corrected chi connectivity index (χ3v) is 3.82. The second-order valence-corrected chi connectivity index (χ2v) is 4.78. The molecular weight excluding hydrogens is 363 g/mol. The summed E-state index contributed by atoms with van der Waals surface area (Å²) in [5.41, 5.74) is 0.667. The molecule has 0 bridgehead atoms. The van der Waals surface area contributed by atoms with Crippen LogP contribution in [0.5, 0.6) is 5.75 Å². The Labute approximate surface area is 125 Å². The smallest absolute Gasteiger partial charge is 0.339 e. The SMILES string of the molecule is CCOC(=O)c1cc(O)c(I)c(C)c1C(=O)OCC. The van der Waals surface area contributed by atoms with Crippen molar-refractivity contribution in [1.29, 1.82) is 0 Å². The van der Waals surface area contributed by atoms with Crippen LogP contribution in [0.2, 0.25) is 0 Å². The van der Waals surface area contributed by atoms with Gasteiger partial charge in [-0.15, -0.1) is 0 Å². The van der Waals surface area contributed by atoms with E-state index in [4.69, 9.17) is 9.47 Å². The van der Waals surface area contributed by atoms with Gasteiger partial charge < -0.3 is 14.6 Å². The van der Waals surface area contributed by atoms with Gasteiger partial charge in [-0.05, 0) is 55.0 Å². The maximum atomic E-state index is 11.9. The highest BCUT2D eigenvalue weighted by molar-refractivity contribution is 14.1. The molecule has 0 aliphatic carbocycles. The number of phenols is 1. The summed E-state index contributed by atoms with van der Waals surface area (Å²) < 4.78 is 10.3. The van der Waals surface area contributed by atoms with E-state index in [2.05, 4.69) is 0 Å². The number of halogens is 1. The first-order valence-corrected chi connectivity index (χ1v) is 6.88. The number of phenolic OH excluding ortho intramolecular Hbond substituents is 1. The van der Waals surface area contributed by atoms with E-state index in [1.807, 2.05) is 22.6 Å². The molecule has 0 aliphatic rings. The minimum absolute atomic E-state index is 0.0238. The van der Waals surface area contributed by atoms with Crippen LogP contribution in [-0.2, 0) is 9.47 Å². The van der Waals surface area contributed by atoms with Gasteiger partial charge in [0.25, 0.3) is 0 Å². The van der Waals surface area contributed by atoms with E-state index < -0.39 is 11.9 Å². The van der Waals surface area contributed by atoms with Crippen LogP contribution in [-0.4, -0.2) is 30.3 Å². The zero-order valence-electron chi connectivity index (χ0n) is 10.9. The molecule has 0 radical (unpaired) electrons. The third-order valence-electron chi connectivity index (χ3n) is 2.45. The van der Waals surface area contributed by atoms with Gasteiger partial charge in [-0.2, -0.15) is 0 Å². The normalized spacial score (nSPS) is 10.1. The third kappa shape index (κ3) is 3.37. The maximum Gasteiger partial charge on any atom is 0.339 e. The number of rotatable bonds is 4. The Kier molecular flexibility index (Phi) is 5.59. The maximum absolute atomic E-state index is 11.9. The van der Waals surface area contributed by atoms with Crippen molar-refractivity contribution in [3.63, 3.8) is 0 Å². The Bertz CT molecular complexity index is 510. The lowest BCUT2D eigenvalue weighted by molar-refractivity contribution is 0.0477. The summed E-state index contributed by atoms with van der Waals surface area (Å²) in [6.45, 7) is 5.39. The first-order valence-electron chi connectivity index (χ1n) is 5.80. The van der Waals surface area contributed by atoms with Crippen LogP contribution in [0.15, 0.2) is 6.07 Å². The molecule has 19 heavy (non-hydrogen) atoms. The molecule has 1 aromatic carbocycles. The summed E-state index contributed by atoms with van der Waals surface area (Å²) >= 11 is 1.91. The quantitative estimate of drug-likeness (QED) is 0.644. The fraction of sp³-hybridized carbons (Fsp3) is 0.385. The van der Waals surface area contributed by atoms with Crippen LogP contribution in [0.3, 0.4) is 0 Å². The second kappa shape index (κ2) is 6.74. The highest BCUT2D eigenvalue weighted by atomic mass is 127. The molecule has 0 saturated carbocycles. The van der Waals surface area contributed by atoms with Crippen LogP contribution in [0.4, 0.5) is 0 Å². The van der Waals surface area contributed by atoms with Crippen LogP contribution in [0.25, 0.3) is 0 Å². The number of hydrogen-bond donors (Lipinski definition) is 1. The van der Waals surface area contributed by atoms with E-state index in [1.54, 1.807) is 20.8 Å². The molecule has 0 spiro atoms. The summed E-state index contributed by atoms with van der Waals surface area (Å²) in [7, 11) is 0. The Morgan fingerprint density at radius 2 is 1.74 bits per heavy atom. The van der Waals surface area contributed by atoms with E-state index in [0.29, 0.717) is 9.13 Å². The molecule has 0 unspecified atom stereocenters. The van der Waals surface area contributed by atoms with Crippen molar-refractivity contribution in [3.8, 4) is 5.75 Å². The standard InChI is InChI=1S/C13H15IO5/c1-4-18-12(16)8-6-9(15)11(14)7(3)10(8)13(17)19-5-2/h6,15H,4-5H2,1-3H3. The number of esters is 2. The topological polar surface area (TPSA) is 72.8 Å². The van der Waals surface area contributed by atoms with Gasteiger partial charge in [-0.25, -0.2) is 9.59 Å². The molecule has 0 aliphatic heterocycles. The highest BCUT2D eigenvalue weighted by Crippen LogP contribution is 2.30. The minimum atomic E-state index is -0.652. The summed E-state index contributed by atoms with van der Waals surface area (Å²) in [6, 6.07) is 1.24. The fourth-order valence-corrected chi connectivity index (χ4v) is 2.04. The molecule has 0 heterocycles. The number of ether oxygens (including phenoxy) is 2. The average molecular weight is 378 g/mol. The molecule has 0 saturated heterocycles. The zero-order valence-corrected chi connectivity index (χ0v) is 13.1. The Morgan fingerprint density at radius 3 is 2.26 bits per heavy atom. The van der Waals surface area contributed by atoms with Gasteiger partial charge in [0.15, 0.2) is 0 Å². The molecule has 1 rings (SSSR count). The number of carbonyl (C=O) groups excluding carboxylic acids is 2. The van der Waals surface area contributed by atoms with Crippen LogP contribution in [0, 0.1) is 10.5 Å². The second-order valence-electron chi connectivity index (χ2n) is 3.70. The Hall–Kier alpha value is -1.31. The molecule has 0 atom stereocenters. The summed E-state index contributed by atoms with van der Waals surface area (Å²) in [6.07, 6.45) is 0. The predicted molar refractivity (Wildman–Crippen MR) is 77.5 cm³/mol. The largest absolute Gasteiger partial charge is 0.507 e. The molecular formula is C13H15IO5. The predicted octanol–water partition coefficient (Wildman–Crippen LogP) is 2.66. The molecule has 0 fully saturated rings. The molecule has 5 nitrogen and oxygen atoms in total. The van der Waals surface area contributed by atoms with E-state index in [0.717, 1.165) is 0 Å². The Balaban J connectivity index is 3.43. The molecule has 1 N–H and O–H groups in total. The van der Waals surface area contributed by atoms with Gasteiger partial charge in [0.05, 0.1) is 27.9 Å². The van der Waals surface area contributed by atoms with Crippen LogP contribution in [0.1, 0.15) is 40.1 Å². The van der Waals surface area contributed by atoms with E-state index in [1.165, 1.54) is 6.07 Å². The van der Waals surface area contributed by atoms with Crippen molar-refractivity contribution in [1.82, 2.24) is 0 Å². The van der Waals surface area contributed by atoms with Gasteiger partial charge in [-0.3, -0.25) is 0 Å². The first-order chi connectivity index (χ1) is 8.93. The molecule has 0 aromatic heterocycles. The van der Waals surface area contributed by atoms with Gasteiger partial charge in [0, 0.05) is 0 Å². The molecule has 6 heteroatoms. The van der Waals surface area contributed by atoms with E-state index in [-0.39, 0.29) is 30.1 Å². The Morgan fingerprint density at radius 1 is 1.21 bits per heavy atom. The lowest BCUT2D eigenvalue weighted by atomic mass is 10.0. The van der Waals surface area contributed by atoms with E-state index in [9.17, 15) is 14.7 Å². The average Bonchev–Trinajstić information content (AvgIpc) is 2.35. The first kappa shape index (κ1) is 15.7. The number of aromatic hydroxyl groups is 1. The van der Waals surface area contributed by atoms with Gasteiger partial charge in [-0.1, -0.05) is 0 Å². The number of carbonyl (C=O) groups is 2. The summed E-state index contributed by atoms with van der Waals surface area (Å²) in [4.78, 5) is 23.8. The van der Waals surface area contributed by atoms with E-state index >= 15 is 0 Å². The monoisotopic (exact) mass is 378 g/mol. The van der Waals surface area contributed by atoms with Crippen LogP contribution < -0.4 is 0 Å². The number of hydrogen-bond acceptors (Lipinski definition) is 5. The molecule has 104 valence electrons. The van der Waals surface area contributed by atoms with Crippen molar-refractivity contribution < 1.29 is 24.2 Å². The molecule has 0 amide bonds. The van der Waals surface area contributed by atoms with Gasteiger partial charge in [0.1, 0.15) is 5.75 Å². The summed E-state index contributed by atoms with van der Waals surface area (Å²) in [5.74, 6) is -1.31. The lowest BCUT2D eigenvalue weighted by Gasteiger charge is -2.13. The fourth-order valence-electron chi connectivity index (χ4n) is 1.61. The van der Waals surface area contributed by atoms with Gasteiger partial charge >= 0.3 is 11.9 Å². The van der Waals surface area contributed by atoms with Crippen molar-refractivity contribution in [2.45, 2.75) is 20.8 Å². The van der Waals surface area contributed by atoms with Crippen molar-refractivity contribution in [2.24, 2.45) is 0 Å². The van der Waals surface area contributed by atoms with Crippen molar-refractivity contribution in [3.05, 3.63) is 26.3 Å². The van der Waals surface area contributed by atoms with Crippen molar-refractivity contribution >= 4 is 34.5 Å². The number of benzene rings is 1. The van der Waals surface area contributed by atoms with Gasteiger partial charge in [0.2, 0.25) is 0 Å². The van der Waals surface area contributed by atoms with Crippen molar-refractivity contribution in [2.75, 3.05) is 13.2 Å². The lowest BCUT2D eigenvalue weighted by Crippen LogP contribution is -2.16. The highest BCUT2D eigenvalue weighted by Gasteiger charge is 2.25.